The normalized spacial score (nSPS) is 37.3. The number of carbonyl (C=O) groups is 3. The summed E-state index contributed by atoms with van der Waals surface area (Å²) in [6.45, 7) is 4.49. The SMILES string of the molecule is CSc1cccc(NC(=O)[C@H]2[C@H]3C=C[C@@]4(O3)[C@H]2C(=O)N(C2CCCCCC2)[C@@H]4C(=O)N[C@@H]2CCC[C@@H](C)[C@@H]2C)c1. The maximum absolute atomic E-state index is 14.4. The van der Waals surface area contributed by atoms with Crippen LogP contribution in [0.4, 0.5) is 5.69 Å². The Morgan fingerprint density at radius 1 is 1.02 bits per heavy atom. The van der Waals surface area contributed by atoms with Crippen LogP contribution in [0, 0.1) is 23.7 Å². The number of hydrogen-bond donors (Lipinski definition) is 2. The lowest BCUT2D eigenvalue weighted by Crippen LogP contribution is -2.59. The summed E-state index contributed by atoms with van der Waals surface area (Å²) in [6, 6.07) is 7.06. The molecule has 7 nitrogen and oxygen atoms in total. The summed E-state index contributed by atoms with van der Waals surface area (Å²) >= 11 is 1.61. The Morgan fingerprint density at radius 2 is 1.80 bits per heavy atom. The number of amides is 3. The van der Waals surface area contributed by atoms with Gasteiger partial charge in [-0.05, 0) is 55.6 Å². The van der Waals surface area contributed by atoms with Gasteiger partial charge >= 0.3 is 0 Å². The molecule has 3 aliphatic heterocycles. The molecule has 1 aromatic carbocycles. The fourth-order valence-electron chi connectivity index (χ4n) is 8.11. The van der Waals surface area contributed by atoms with Crippen molar-refractivity contribution in [2.24, 2.45) is 23.7 Å². The Kier molecular flexibility index (Phi) is 7.77. The lowest BCUT2D eigenvalue weighted by Gasteiger charge is -2.40. The molecule has 6 rings (SSSR count). The number of benzene rings is 1. The van der Waals surface area contributed by atoms with E-state index in [0.29, 0.717) is 17.5 Å². The lowest BCUT2D eigenvalue weighted by molar-refractivity contribution is -0.144. The summed E-state index contributed by atoms with van der Waals surface area (Å²) in [7, 11) is 0. The molecule has 1 spiro atoms. The lowest BCUT2D eigenvalue weighted by atomic mass is 9.73. The van der Waals surface area contributed by atoms with E-state index >= 15 is 0 Å². The first-order valence-corrected chi connectivity index (χ1v) is 16.5. The second-order valence-electron chi connectivity index (χ2n) is 12.7. The number of thioether (sulfide) groups is 1. The first-order valence-electron chi connectivity index (χ1n) is 15.3. The molecule has 2 N–H and O–H groups in total. The molecular formula is C32H43N3O4S. The highest BCUT2D eigenvalue weighted by atomic mass is 32.2. The molecule has 4 fully saturated rings. The zero-order valence-electron chi connectivity index (χ0n) is 23.9. The number of hydrogen-bond acceptors (Lipinski definition) is 5. The van der Waals surface area contributed by atoms with Gasteiger partial charge in [-0.25, -0.2) is 0 Å². The van der Waals surface area contributed by atoms with E-state index in [1.165, 1.54) is 6.42 Å². The number of rotatable bonds is 6. The van der Waals surface area contributed by atoms with E-state index in [-0.39, 0.29) is 29.8 Å². The molecule has 8 atom stereocenters. The fourth-order valence-corrected chi connectivity index (χ4v) is 8.57. The minimum Gasteiger partial charge on any atom is -0.359 e. The van der Waals surface area contributed by atoms with Crippen molar-refractivity contribution < 1.29 is 19.1 Å². The van der Waals surface area contributed by atoms with E-state index in [9.17, 15) is 14.4 Å². The van der Waals surface area contributed by atoms with Gasteiger partial charge in [0.05, 0.1) is 17.9 Å². The molecule has 3 amide bonds. The van der Waals surface area contributed by atoms with E-state index < -0.39 is 29.6 Å². The molecule has 1 aromatic rings. The minimum atomic E-state index is -1.11. The average molecular weight is 566 g/mol. The van der Waals surface area contributed by atoms with Crippen LogP contribution in [-0.2, 0) is 19.1 Å². The summed E-state index contributed by atoms with van der Waals surface area (Å²) in [4.78, 5) is 45.4. The maximum atomic E-state index is 14.4. The van der Waals surface area contributed by atoms with Crippen molar-refractivity contribution in [2.75, 3.05) is 11.6 Å². The highest BCUT2D eigenvalue weighted by molar-refractivity contribution is 7.98. The van der Waals surface area contributed by atoms with E-state index in [2.05, 4.69) is 24.5 Å². The van der Waals surface area contributed by atoms with Crippen molar-refractivity contribution >= 4 is 35.2 Å². The molecule has 0 radical (unpaired) electrons. The molecule has 2 saturated heterocycles. The average Bonchev–Trinajstić information content (AvgIpc) is 3.50. The second kappa shape index (κ2) is 11.2. The van der Waals surface area contributed by atoms with Gasteiger partial charge in [-0.3, -0.25) is 14.4 Å². The largest absolute Gasteiger partial charge is 0.359 e. The summed E-state index contributed by atoms with van der Waals surface area (Å²) in [5, 5.41) is 6.44. The number of nitrogens with one attached hydrogen (secondary N) is 2. The van der Waals surface area contributed by atoms with Crippen molar-refractivity contribution in [2.45, 2.75) is 106 Å². The van der Waals surface area contributed by atoms with Gasteiger partial charge in [0.15, 0.2) is 0 Å². The van der Waals surface area contributed by atoms with Crippen LogP contribution in [0.2, 0.25) is 0 Å². The molecule has 0 unspecified atom stereocenters. The first-order chi connectivity index (χ1) is 19.3. The Bertz CT molecular complexity index is 1180. The van der Waals surface area contributed by atoms with Crippen LogP contribution in [-0.4, -0.2) is 58.7 Å². The van der Waals surface area contributed by atoms with Gasteiger partial charge in [0.1, 0.15) is 11.6 Å². The van der Waals surface area contributed by atoms with Gasteiger partial charge in [-0.1, -0.05) is 70.6 Å². The van der Waals surface area contributed by atoms with Crippen molar-refractivity contribution in [3.8, 4) is 0 Å². The third-order valence-electron chi connectivity index (χ3n) is 10.5. The Morgan fingerprint density at radius 3 is 2.55 bits per heavy atom. The number of nitrogens with zero attached hydrogens (tertiary/aromatic N) is 1. The number of fused-ring (bicyclic) bond motifs is 1. The van der Waals surface area contributed by atoms with Crippen molar-refractivity contribution in [3.63, 3.8) is 0 Å². The number of anilines is 1. The number of ether oxygens (including phenoxy) is 1. The van der Waals surface area contributed by atoms with Crippen LogP contribution in [0.15, 0.2) is 41.3 Å². The van der Waals surface area contributed by atoms with Crippen LogP contribution in [0.3, 0.4) is 0 Å². The van der Waals surface area contributed by atoms with Gasteiger partial charge in [0, 0.05) is 22.7 Å². The molecule has 2 aliphatic carbocycles. The third-order valence-corrected chi connectivity index (χ3v) is 11.2. The Hall–Kier alpha value is -2.32. The second-order valence-corrected chi connectivity index (χ2v) is 13.6. The van der Waals surface area contributed by atoms with Gasteiger partial charge in [0.2, 0.25) is 17.7 Å². The topological polar surface area (TPSA) is 87.7 Å². The monoisotopic (exact) mass is 565 g/mol. The molecular weight excluding hydrogens is 522 g/mol. The van der Waals surface area contributed by atoms with Crippen molar-refractivity contribution in [1.29, 1.82) is 0 Å². The highest BCUT2D eigenvalue weighted by Gasteiger charge is 2.73. The number of likely N-dealkylation sites (tertiary alicyclic amines) is 1. The quantitative estimate of drug-likeness (QED) is 0.283. The van der Waals surface area contributed by atoms with Gasteiger partial charge in [-0.15, -0.1) is 11.8 Å². The van der Waals surface area contributed by atoms with E-state index in [0.717, 1.165) is 56.3 Å². The van der Waals surface area contributed by atoms with Gasteiger partial charge in [0.25, 0.3) is 0 Å². The summed E-state index contributed by atoms with van der Waals surface area (Å²) in [6.07, 6.45) is 14.7. The molecule has 216 valence electrons. The molecule has 0 aromatic heterocycles. The Labute approximate surface area is 242 Å². The number of carbonyl (C=O) groups excluding carboxylic acids is 3. The maximum Gasteiger partial charge on any atom is 0.246 e. The Balaban J connectivity index is 1.32. The zero-order valence-corrected chi connectivity index (χ0v) is 24.8. The van der Waals surface area contributed by atoms with Crippen LogP contribution in [0.25, 0.3) is 0 Å². The third kappa shape index (κ3) is 4.69. The van der Waals surface area contributed by atoms with E-state index in [4.69, 9.17) is 4.74 Å². The summed E-state index contributed by atoms with van der Waals surface area (Å²) < 4.78 is 6.59. The fraction of sp³-hybridized carbons (Fsp3) is 0.656. The van der Waals surface area contributed by atoms with Crippen molar-refractivity contribution in [3.05, 3.63) is 36.4 Å². The standard InChI is InChI=1S/C32H43N3O4S/c1-19-10-8-15-24(20(19)2)34-30(37)28-32-17-16-25(39-32)26(29(36)33-21-11-9-14-23(18-21)40-3)27(32)31(38)35(28)22-12-6-4-5-7-13-22/h9,11,14,16-20,22,24-28H,4-8,10,12-13,15H2,1-3H3,(H,33,36)(H,34,37)/t19-,20+,24-,25-,26+,27-,28-,32-/m1/s1. The van der Waals surface area contributed by atoms with Crippen LogP contribution in [0.5, 0.6) is 0 Å². The summed E-state index contributed by atoms with van der Waals surface area (Å²) in [5.74, 6) is -0.884. The molecule has 3 heterocycles. The first kappa shape index (κ1) is 27.8. The van der Waals surface area contributed by atoms with Crippen LogP contribution >= 0.6 is 11.8 Å². The molecule has 5 aliphatic rings. The van der Waals surface area contributed by atoms with Crippen LogP contribution in [0.1, 0.15) is 71.6 Å². The van der Waals surface area contributed by atoms with E-state index in [1.807, 2.05) is 47.6 Å². The summed E-state index contributed by atoms with van der Waals surface area (Å²) in [5.41, 5.74) is -0.399. The van der Waals surface area contributed by atoms with Gasteiger partial charge in [-0.2, -0.15) is 0 Å². The van der Waals surface area contributed by atoms with Gasteiger partial charge < -0.3 is 20.3 Å². The van der Waals surface area contributed by atoms with Crippen LogP contribution < -0.4 is 10.6 Å². The highest BCUT2D eigenvalue weighted by Crippen LogP contribution is 2.56. The van der Waals surface area contributed by atoms with Crippen molar-refractivity contribution in [1.82, 2.24) is 10.2 Å². The minimum absolute atomic E-state index is 0.00792. The molecule has 2 bridgehead atoms. The molecule has 40 heavy (non-hydrogen) atoms. The zero-order chi connectivity index (χ0) is 28.0. The predicted octanol–water partition coefficient (Wildman–Crippen LogP) is 5.16. The predicted molar refractivity (Wildman–Crippen MR) is 157 cm³/mol. The molecule has 2 saturated carbocycles. The smallest absolute Gasteiger partial charge is 0.246 e. The van der Waals surface area contributed by atoms with E-state index in [1.54, 1.807) is 11.8 Å². The molecule has 8 heteroatoms.